The van der Waals surface area contributed by atoms with Crippen molar-refractivity contribution in [3.8, 4) is 0 Å². The first-order valence-corrected chi connectivity index (χ1v) is 11.4. The van der Waals surface area contributed by atoms with Crippen LogP contribution in [0.15, 0.2) is 65.2 Å². The lowest BCUT2D eigenvalue weighted by Crippen LogP contribution is -2.51. The molecule has 29 heavy (non-hydrogen) atoms. The predicted molar refractivity (Wildman–Crippen MR) is 118 cm³/mol. The molecule has 6 heteroatoms. The largest absolute Gasteiger partial charge is 0.310 e. The van der Waals surface area contributed by atoms with Crippen molar-refractivity contribution in [2.45, 2.75) is 47.1 Å². The molecule has 3 aromatic rings. The second-order valence-corrected chi connectivity index (χ2v) is 10.1. The highest BCUT2D eigenvalue weighted by Gasteiger charge is 2.37. The van der Waals surface area contributed by atoms with Gasteiger partial charge in [0.15, 0.2) is 6.54 Å². The molecule has 0 saturated heterocycles. The number of nitrogens with one attached hydrogen (secondary N) is 1. The quantitative estimate of drug-likeness (QED) is 0.479. The number of nitrogens with zero attached hydrogens (tertiary/aromatic N) is 2. The van der Waals surface area contributed by atoms with Crippen molar-refractivity contribution >= 4 is 35.8 Å². The monoisotopic (exact) mass is 410 g/mol. The van der Waals surface area contributed by atoms with E-state index in [-0.39, 0.29) is 5.91 Å². The van der Waals surface area contributed by atoms with Gasteiger partial charge in [0.1, 0.15) is 0 Å². The molecule has 0 aliphatic carbocycles. The Morgan fingerprint density at radius 2 is 1.59 bits per heavy atom. The summed E-state index contributed by atoms with van der Waals surface area (Å²) in [7, 11) is -0.942. The van der Waals surface area contributed by atoms with Gasteiger partial charge >= 0.3 is 11.3 Å². The predicted octanol–water partition coefficient (Wildman–Crippen LogP) is 3.51. The summed E-state index contributed by atoms with van der Waals surface area (Å²) in [5.41, 5.74) is 0.407. The number of carbonyl (C=O) groups excluding carboxylic acids is 1. The molecule has 152 valence electrons. The first-order valence-electron chi connectivity index (χ1n) is 10.0. The van der Waals surface area contributed by atoms with Crippen LogP contribution in [0, 0.1) is 5.41 Å². The summed E-state index contributed by atoms with van der Waals surface area (Å²) < 4.78 is 7.60. The second-order valence-electron chi connectivity index (χ2n) is 8.01. The Bertz CT molecular complexity index is 894. The van der Waals surface area contributed by atoms with Crippen molar-refractivity contribution < 1.29 is 14.0 Å². The summed E-state index contributed by atoms with van der Waals surface area (Å²) in [5.74, 6) is 0.355. The number of rotatable bonds is 7. The fourth-order valence-electron chi connectivity index (χ4n) is 2.88. The minimum Gasteiger partial charge on any atom is -0.288 e. The number of aryl methyl sites for hydroxylation is 1. The molecule has 1 N–H and O–H groups in total. The van der Waals surface area contributed by atoms with Crippen LogP contribution in [0.1, 0.15) is 40.5 Å². The van der Waals surface area contributed by atoms with Gasteiger partial charge in [0, 0.05) is 11.8 Å². The smallest absolute Gasteiger partial charge is 0.288 e. The van der Waals surface area contributed by atoms with E-state index in [1.807, 2.05) is 61.9 Å². The third-order valence-electron chi connectivity index (χ3n) is 4.55. The lowest BCUT2D eigenvalue weighted by Gasteiger charge is -2.18. The van der Waals surface area contributed by atoms with E-state index >= 15 is 0 Å². The zero-order chi connectivity index (χ0) is 20.9. The van der Waals surface area contributed by atoms with E-state index in [0.717, 1.165) is 24.8 Å². The lowest BCUT2D eigenvalue weighted by atomic mass is 9.96. The van der Waals surface area contributed by atoms with Gasteiger partial charge in [-0.3, -0.25) is 14.6 Å². The zero-order valence-electron chi connectivity index (χ0n) is 17.6. The normalized spacial score (nSPS) is 11.6. The van der Waals surface area contributed by atoms with E-state index < -0.39 is 13.3 Å². The van der Waals surface area contributed by atoms with Crippen molar-refractivity contribution in [1.82, 2.24) is 5.27 Å². The van der Waals surface area contributed by atoms with Gasteiger partial charge in [0.25, 0.3) is 0 Å². The van der Waals surface area contributed by atoms with Crippen LogP contribution in [0.2, 0.25) is 0 Å². The summed E-state index contributed by atoms with van der Waals surface area (Å²) in [6.45, 7) is 8.57. The minimum atomic E-state index is -0.942. The molecule has 0 aliphatic heterocycles. The molecule has 0 radical (unpaired) electrons. The SMILES string of the molecule is CCCC[n+]1noc(NC(=O)C(C)(C)C)c1P(c1ccccc1)c1ccccc1. The van der Waals surface area contributed by atoms with Crippen molar-refractivity contribution in [1.29, 1.82) is 0 Å². The number of carbonyl (C=O) groups is 1. The first-order chi connectivity index (χ1) is 13.9. The number of unbranched alkanes of at least 4 members (excludes halogenated alkanes) is 1. The van der Waals surface area contributed by atoms with E-state index in [4.69, 9.17) is 4.52 Å². The highest BCUT2D eigenvalue weighted by atomic mass is 31.1. The molecule has 3 rings (SSSR count). The van der Waals surface area contributed by atoms with Gasteiger partial charge in [-0.1, -0.05) is 94.8 Å². The van der Waals surface area contributed by atoms with E-state index in [0.29, 0.717) is 5.88 Å². The minimum absolute atomic E-state index is 0.0892. The molecule has 0 bridgehead atoms. The summed E-state index contributed by atoms with van der Waals surface area (Å²) in [5, 5.41) is 9.68. The summed E-state index contributed by atoms with van der Waals surface area (Å²) in [6.07, 6.45) is 2.04. The Kier molecular flexibility index (Phi) is 6.81. The van der Waals surface area contributed by atoms with Crippen LogP contribution in [0.4, 0.5) is 5.88 Å². The molecule has 0 atom stereocenters. The zero-order valence-corrected chi connectivity index (χ0v) is 18.4. The van der Waals surface area contributed by atoms with Crippen molar-refractivity contribution in [3.63, 3.8) is 0 Å². The third kappa shape index (κ3) is 5.10. The molecule has 1 aromatic heterocycles. The fourth-order valence-corrected chi connectivity index (χ4v) is 5.27. The molecule has 0 spiro atoms. The summed E-state index contributed by atoms with van der Waals surface area (Å²) in [4.78, 5) is 12.7. The maximum absolute atomic E-state index is 12.7. The summed E-state index contributed by atoms with van der Waals surface area (Å²) >= 11 is 0. The number of anilines is 1. The standard InChI is InChI=1S/C23H28N3O2P/c1-5-6-17-26-21(20(28-25-26)24-22(27)23(2,3)4)29(18-13-9-7-10-14-18)19-15-11-8-12-16-19/h7-16H,5-6,17H2,1-4H3/p+1. The third-order valence-corrected chi connectivity index (χ3v) is 7.04. The maximum Gasteiger partial charge on any atom is 0.310 e. The Morgan fingerprint density at radius 1 is 1.03 bits per heavy atom. The highest BCUT2D eigenvalue weighted by Crippen LogP contribution is 2.34. The fraction of sp³-hybridized carbons (Fsp3) is 0.348. The van der Waals surface area contributed by atoms with Gasteiger partial charge in [-0.15, -0.1) is 0 Å². The number of hydrogen-bond acceptors (Lipinski definition) is 3. The van der Waals surface area contributed by atoms with E-state index in [1.54, 1.807) is 0 Å². The van der Waals surface area contributed by atoms with Gasteiger partial charge in [-0.25, -0.2) is 0 Å². The molecular weight excluding hydrogens is 381 g/mol. The van der Waals surface area contributed by atoms with Crippen molar-refractivity contribution in [2.24, 2.45) is 5.41 Å². The molecular formula is C23H29N3O2P+. The molecule has 1 amide bonds. The number of amides is 1. The van der Waals surface area contributed by atoms with Crippen LogP contribution in [-0.4, -0.2) is 11.2 Å². The molecule has 0 fully saturated rings. The molecule has 0 aliphatic rings. The number of hydrogen-bond donors (Lipinski definition) is 1. The molecule has 0 saturated carbocycles. The second kappa shape index (κ2) is 9.32. The average molecular weight is 410 g/mol. The van der Waals surface area contributed by atoms with E-state index in [1.165, 1.54) is 10.6 Å². The van der Waals surface area contributed by atoms with Gasteiger partial charge < -0.3 is 0 Å². The Balaban J connectivity index is 2.14. The topological polar surface area (TPSA) is 59.0 Å². The van der Waals surface area contributed by atoms with E-state index in [2.05, 4.69) is 41.8 Å². The Morgan fingerprint density at radius 3 is 2.07 bits per heavy atom. The van der Waals surface area contributed by atoms with Gasteiger partial charge in [-0.2, -0.15) is 0 Å². The van der Waals surface area contributed by atoms with Gasteiger partial charge in [-0.05, 0) is 15.3 Å². The summed E-state index contributed by atoms with van der Waals surface area (Å²) in [6, 6.07) is 20.7. The van der Waals surface area contributed by atoms with Crippen LogP contribution in [0.5, 0.6) is 0 Å². The molecule has 1 heterocycles. The number of benzene rings is 2. The maximum atomic E-state index is 12.7. The van der Waals surface area contributed by atoms with Crippen LogP contribution in [0.3, 0.4) is 0 Å². The molecule has 5 nitrogen and oxygen atoms in total. The van der Waals surface area contributed by atoms with Gasteiger partial charge in [0.2, 0.25) is 11.2 Å². The molecule has 2 aromatic carbocycles. The highest BCUT2D eigenvalue weighted by molar-refractivity contribution is 7.79. The van der Waals surface area contributed by atoms with E-state index in [9.17, 15) is 4.79 Å². The van der Waals surface area contributed by atoms with Gasteiger partial charge in [0.05, 0.1) is 7.92 Å². The Hall–Kier alpha value is -2.52. The van der Waals surface area contributed by atoms with Crippen LogP contribution >= 0.6 is 7.92 Å². The number of aromatic nitrogens is 2. The lowest BCUT2D eigenvalue weighted by molar-refractivity contribution is -0.747. The van der Waals surface area contributed by atoms with Crippen LogP contribution in [-0.2, 0) is 11.3 Å². The Labute approximate surface area is 173 Å². The molecule has 0 unspecified atom stereocenters. The first kappa shape index (κ1) is 21.2. The van der Waals surface area contributed by atoms with Crippen LogP contribution < -0.4 is 26.0 Å². The van der Waals surface area contributed by atoms with Crippen LogP contribution in [0.25, 0.3) is 0 Å². The van der Waals surface area contributed by atoms with Crippen molar-refractivity contribution in [2.75, 3.05) is 5.32 Å². The van der Waals surface area contributed by atoms with Crippen molar-refractivity contribution in [3.05, 3.63) is 60.7 Å². The average Bonchev–Trinajstić information content (AvgIpc) is 3.10.